The zero-order chi connectivity index (χ0) is 58.2. The first kappa shape index (κ1) is 33.9. The fourth-order valence-corrected chi connectivity index (χ4v) is 9.04. The van der Waals surface area contributed by atoms with E-state index < -0.39 is 27.9 Å². The summed E-state index contributed by atoms with van der Waals surface area (Å²) in [4.78, 5) is 22.5. The summed E-state index contributed by atoms with van der Waals surface area (Å²) in [6.45, 7) is 7.03. The van der Waals surface area contributed by atoms with E-state index in [9.17, 15) is 0 Å². The van der Waals surface area contributed by atoms with E-state index in [-0.39, 0.29) is 24.7 Å². The highest BCUT2D eigenvalue weighted by Crippen LogP contribution is 2.45. The van der Waals surface area contributed by atoms with Crippen molar-refractivity contribution in [1.29, 1.82) is 0 Å². The first-order chi connectivity index (χ1) is 37.6. The van der Waals surface area contributed by atoms with Gasteiger partial charge in [0, 0.05) is 91.9 Å². The van der Waals surface area contributed by atoms with Crippen molar-refractivity contribution in [2.24, 2.45) is 0 Å². The maximum Gasteiger partial charge on any atom is 0.158 e. The van der Waals surface area contributed by atoms with Crippen molar-refractivity contribution >= 4 is 57.1 Å². The summed E-state index contributed by atoms with van der Waals surface area (Å²) in [5, 5.41) is 0. The van der Waals surface area contributed by atoms with Crippen LogP contribution in [-0.2, 0) is 0 Å². The minimum atomic E-state index is -2.22. The molecule has 10 nitrogen and oxygen atoms in total. The number of fused-ring (bicyclic) bond motifs is 3. The highest BCUT2D eigenvalue weighted by molar-refractivity contribution is 5.85. The van der Waals surface area contributed by atoms with Gasteiger partial charge >= 0.3 is 0 Å². The van der Waals surface area contributed by atoms with Crippen molar-refractivity contribution in [2.45, 2.75) is 80.1 Å². The molecule has 11 rings (SSSR count). The van der Waals surface area contributed by atoms with Gasteiger partial charge in [-0.05, 0) is 138 Å². The number of para-hydroxylation sites is 6. The molecule has 2 aromatic heterocycles. The van der Waals surface area contributed by atoms with Gasteiger partial charge in [-0.3, -0.25) is 0 Å². The molecule has 4 unspecified atom stereocenters. The molecule has 0 amide bonds. The number of hydrogen-bond donors (Lipinski definition) is 0. The lowest BCUT2D eigenvalue weighted by atomic mass is 10.1. The Labute approximate surface area is 422 Å². The lowest BCUT2D eigenvalue weighted by Gasteiger charge is -2.28. The van der Waals surface area contributed by atoms with Crippen molar-refractivity contribution in [3.8, 4) is 0 Å². The van der Waals surface area contributed by atoms with Gasteiger partial charge in [-0.15, -0.1) is 0 Å². The monoisotopic (exact) mass is 917 g/mol. The molecule has 0 saturated heterocycles. The largest absolute Gasteiger partial charge is 0.359 e. The average Bonchev–Trinajstić information content (AvgIpc) is 4.35. The normalized spacial score (nSPS) is 21.9. The summed E-state index contributed by atoms with van der Waals surface area (Å²) in [7, 11) is 0. The van der Waals surface area contributed by atoms with Crippen LogP contribution in [0.5, 0.6) is 0 Å². The van der Waals surface area contributed by atoms with Crippen LogP contribution in [0, 0.1) is 27.7 Å². The van der Waals surface area contributed by atoms with Crippen LogP contribution in [0.15, 0.2) is 170 Å². The maximum atomic E-state index is 7.83. The van der Waals surface area contributed by atoms with Crippen LogP contribution in [-0.4, -0.2) is 67.4 Å². The Morgan fingerprint density at radius 1 is 0.353 bits per heavy atom. The van der Waals surface area contributed by atoms with Crippen LogP contribution in [0.3, 0.4) is 0 Å². The van der Waals surface area contributed by atoms with E-state index >= 15 is 0 Å². The summed E-state index contributed by atoms with van der Waals surface area (Å²) < 4.78 is 92.6. The van der Waals surface area contributed by atoms with E-state index in [1.54, 1.807) is 24.7 Å². The van der Waals surface area contributed by atoms with Gasteiger partial charge in [-0.25, -0.2) is 9.97 Å². The van der Waals surface area contributed by atoms with Crippen molar-refractivity contribution in [1.82, 2.24) is 14.9 Å². The molecule has 4 atom stereocenters. The van der Waals surface area contributed by atoms with Crippen LogP contribution in [0.2, 0.25) is 0 Å². The smallest absolute Gasteiger partial charge is 0.158 e. The number of aryl methyl sites for hydroxylation is 4. The van der Waals surface area contributed by atoms with Crippen LogP contribution < -0.4 is 34.3 Å². The first-order valence-electron chi connectivity index (χ1n) is 28.9. The lowest BCUT2D eigenvalue weighted by molar-refractivity contribution is 0.383. The molecule has 5 aromatic carbocycles. The third-order valence-electron chi connectivity index (χ3n) is 12.9. The fraction of sp³-hybridized carbons (Fsp3) is 0.276. The van der Waals surface area contributed by atoms with E-state index in [2.05, 4.69) is 14.9 Å². The SMILES string of the molecule is [2H]C([2H])([2H])N1C=CN(c2ccccc2C)C1C.[2H]C([2H])([2H])N1c2ccccc2N(c2ccccc2C)C1C.[2H]C([2H])([2H])N1c2cccnc2N(c2ccccc2C)C1C.[2H]C([2H])([2H])N1c2ncccc2N(c2ccccc2C)C1C. The van der Waals surface area contributed by atoms with Crippen molar-refractivity contribution < 1.29 is 16.4 Å². The van der Waals surface area contributed by atoms with Crippen LogP contribution in [0.4, 0.5) is 57.1 Å². The molecule has 0 bridgehead atoms. The van der Waals surface area contributed by atoms with Crippen molar-refractivity contribution in [3.63, 3.8) is 0 Å². The summed E-state index contributed by atoms with van der Waals surface area (Å²) in [5.74, 6) is 1.20. The van der Waals surface area contributed by atoms with Crippen LogP contribution >= 0.6 is 0 Å². The van der Waals surface area contributed by atoms with E-state index in [0.717, 1.165) is 62.1 Å². The summed E-state index contributed by atoms with van der Waals surface area (Å²) in [6, 6.07) is 46.9. The Morgan fingerprint density at radius 3 is 1.26 bits per heavy atom. The van der Waals surface area contributed by atoms with E-state index in [0.29, 0.717) is 17.3 Å². The molecule has 6 heterocycles. The average molecular weight is 917 g/mol. The Kier molecular flexibility index (Phi) is 10.1. The summed E-state index contributed by atoms with van der Waals surface area (Å²) in [6.07, 6.45) is 5.70. The Balaban J connectivity index is 0.000000141. The van der Waals surface area contributed by atoms with Crippen LogP contribution in [0.25, 0.3) is 0 Å². The number of rotatable bonds is 4. The number of benzene rings is 5. The molecule has 68 heavy (non-hydrogen) atoms. The highest BCUT2D eigenvalue weighted by atomic mass is 15.4. The molecule has 0 fully saturated rings. The zero-order valence-electron chi connectivity index (χ0n) is 51.9. The lowest BCUT2D eigenvalue weighted by Crippen LogP contribution is -2.36. The minimum absolute atomic E-state index is 0.191. The molecule has 4 aliphatic rings. The molecule has 350 valence electrons. The molecule has 0 radical (unpaired) electrons. The van der Waals surface area contributed by atoms with Gasteiger partial charge < -0.3 is 39.2 Å². The fourth-order valence-electron chi connectivity index (χ4n) is 9.04. The molecule has 0 N–H and O–H groups in total. The second-order valence-corrected chi connectivity index (χ2v) is 17.2. The molecule has 7 aromatic rings. The van der Waals surface area contributed by atoms with Gasteiger partial charge in [0.25, 0.3) is 0 Å². The molecular weight excluding hydrogens is 837 g/mol. The topological polar surface area (TPSA) is 51.7 Å². The van der Waals surface area contributed by atoms with E-state index in [1.165, 1.54) is 19.6 Å². The van der Waals surface area contributed by atoms with Gasteiger partial charge in [-0.1, -0.05) is 84.9 Å². The summed E-state index contributed by atoms with van der Waals surface area (Å²) >= 11 is 0. The second kappa shape index (κ2) is 20.2. The molecule has 10 heteroatoms. The summed E-state index contributed by atoms with van der Waals surface area (Å²) in [5.41, 5.74) is 11.7. The Morgan fingerprint density at radius 2 is 0.750 bits per heavy atom. The van der Waals surface area contributed by atoms with Gasteiger partial charge in [0.05, 0.1) is 22.7 Å². The number of pyridine rings is 2. The van der Waals surface area contributed by atoms with Gasteiger partial charge in [0.1, 0.15) is 24.7 Å². The molecule has 0 saturated carbocycles. The molecule has 0 spiro atoms. The van der Waals surface area contributed by atoms with Crippen LogP contribution in [0.1, 0.15) is 66.4 Å². The number of hydrogen-bond acceptors (Lipinski definition) is 10. The second-order valence-electron chi connectivity index (χ2n) is 17.2. The minimum Gasteiger partial charge on any atom is -0.359 e. The molecular formula is C58H68N10. The Bertz CT molecular complexity index is 3030. The maximum absolute atomic E-state index is 7.83. The van der Waals surface area contributed by atoms with Crippen molar-refractivity contribution in [3.05, 3.63) is 193 Å². The number of aromatic nitrogens is 2. The molecule has 0 aliphatic carbocycles. The van der Waals surface area contributed by atoms with Gasteiger partial charge in [-0.2, -0.15) is 0 Å². The van der Waals surface area contributed by atoms with Gasteiger partial charge in [0.2, 0.25) is 0 Å². The standard InChI is InChI=1S/C16H18N2.2C15H17N3.C12H16N2/c1-12-8-4-5-9-14(12)18-13(2)17(3)15-10-6-7-11-16(15)18;1-11-7-4-5-8-13(11)18-12(2)17(3)15-14(18)9-6-10-16-15;1-11-7-4-5-8-13(11)18-12(2)17(3)14-9-6-10-16-15(14)18;1-10-6-4-5-7-12(10)14-9-8-13(3)11(14)2/h4-11,13H,1-3H3;2*4-10,12H,1-3H3;4-9,11H,1-3H3/i4*3D3. The zero-order valence-corrected chi connectivity index (χ0v) is 39.9. The number of nitrogens with zero attached hydrogens (tertiary/aromatic N) is 10. The molecule has 4 aliphatic heterocycles. The highest BCUT2D eigenvalue weighted by Gasteiger charge is 2.35. The van der Waals surface area contributed by atoms with E-state index in [1.807, 2.05) is 216 Å². The van der Waals surface area contributed by atoms with Crippen molar-refractivity contribution in [2.75, 3.05) is 62.2 Å². The predicted molar refractivity (Wildman–Crippen MR) is 288 cm³/mol. The predicted octanol–water partition coefficient (Wildman–Crippen LogP) is 13.1. The quantitative estimate of drug-likeness (QED) is 0.171. The third kappa shape index (κ3) is 9.03. The van der Waals surface area contributed by atoms with E-state index in [4.69, 9.17) is 16.4 Å². The first-order valence-corrected chi connectivity index (χ1v) is 22.9. The Hall–Kier alpha value is -7.46. The number of anilines is 10. The third-order valence-corrected chi connectivity index (χ3v) is 12.9. The van der Waals surface area contributed by atoms with Gasteiger partial charge in [0.15, 0.2) is 11.6 Å².